The van der Waals surface area contributed by atoms with Gasteiger partial charge >= 0.3 is 0 Å². The van der Waals surface area contributed by atoms with Gasteiger partial charge in [-0.05, 0) is 18.9 Å². The smallest absolute Gasteiger partial charge is 0.115 e. The summed E-state index contributed by atoms with van der Waals surface area (Å²) in [6.45, 7) is 3.51. The minimum atomic E-state index is 0.754. The lowest BCUT2D eigenvalue weighted by Gasteiger charge is -1.99. The molecule has 0 aromatic carbocycles. The molecular formula is C8H12N2O. The van der Waals surface area contributed by atoms with Gasteiger partial charge in [0.1, 0.15) is 6.33 Å². The van der Waals surface area contributed by atoms with E-state index in [2.05, 4.69) is 9.97 Å². The molecule has 1 rings (SSSR count). The van der Waals surface area contributed by atoms with Gasteiger partial charge < -0.3 is 4.74 Å². The average molecular weight is 152 g/mol. The monoisotopic (exact) mass is 152 g/mol. The maximum Gasteiger partial charge on any atom is 0.115 e. The van der Waals surface area contributed by atoms with Crippen LogP contribution in [0.2, 0.25) is 0 Å². The number of rotatable bonds is 4. The van der Waals surface area contributed by atoms with Gasteiger partial charge in [0, 0.05) is 19.0 Å². The maximum atomic E-state index is 5.18. The van der Waals surface area contributed by atoms with Crippen LogP contribution in [0.3, 0.4) is 0 Å². The van der Waals surface area contributed by atoms with Gasteiger partial charge in [0.05, 0.1) is 6.61 Å². The normalized spacial score (nSPS) is 9.91. The van der Waals surface area contributed by atoms with Crippen molar-refractivity contribution in [1.82, 2.24) is 9.97 Å². The molecule has 1 aromatic heterocycles. The molecule has 60 valence electrons. The highest BCUT2D eigenvalue weighted by molar-refractivity contribution is 5.01. The lowest BCUT2D eigenvalue weighted by Crippen LogP contribution is -1.98. The van der Waals surface area contributed by atoms with E-state index in [0.29, 0.717) is 0 Å². The molecule has 0 amide bonds. The first-order valence-corrected chi connectivity index (χ1v) is 3.75. The molecule has 0 fully saturated rings. The Labute approximate surface area is 66.4 Å². The molecule has 0 saturated heterocycles. The van der Waals surface area contributed by atoms with E-state index in [0.717, 1.165) is 25.2 Å². The van der Waals surface area contributed by atoms with E-state index in [1.54, 1.807) is 0 Å². The lowest BCUT2D eigenvalue weighted by atomic mass is 10.3. The van der Waals surface area contributed by atoms with Gasteiger partial charge in [0.25, 0.3) is 0 Å². The lowest BCUT2D eigenvalue weighted by molar-refractivity contribution is 0.151. The molecule has 11 heavy (non-hydrogen) atoms. The van der Waals surface area contributed by atoms with E-state index in [-0.39, 0.29) is 0 Å². The Hall–Kier alpha value is -0.960. The Bertz CT molecular complexity index is 189. The molecule has 0 bridgehead atoms. The molecule has 0 aliphatic heterocycles. The fraction of sp³-hybridized carbons (Fsp3) is 0.500. The second kappa shape index (κ2) is 4.79. The molecule has 3 nitrogen and oxygen atoms in total. The predicted molar refractivity (Wildman–Crippen MR) is 42.2 cm³/mol. The Morgan fingerprint density at radius 1 is 1.36 bits per heavy atom. The van der Waals surface area contributed by atoms with Crippen LogP contribution in [-0.2, 0) is 11.2 Å². The highest BCUT2D eigenvalue weighted by atomic mass is 16.5. The summed E-state index contributed by atoms with van der Waals surface area (Å²) >= 11 is 0. The summed E-state index contributed by atoms with van der Waals surface area (Å²) in [5.74, 6) is 0. The third-order valence-electron chi connectivity index (χ3n) is 1.35. The average Bonchev–Trinajstić information content (AvgIpc) is 2.07. The summed E-state index contributed by atoms with van der Waals surface area (Å²) in [4.78, 5) is 7.79. The Morgan fingerprint density at radius 2 is 2.09 bits per heavy atom. The Balaban J connectivity index is 2.28. The van der Waals surface area contributed by atoms with Crippen LogP contribution >= 0.6 is 0 Å². The van der Waals surface area contributed by atoms with Crippen LogP contribution in [0.15, 0.2) is 18.7 Å². The van der Waals surface area contributed by atoms with E-state index in [1.165, 1.54) is 6.33 Å². The number of hydrogen-bond donors (Lipinski definition) is 0. The first-order valence-electron chi connectivity index (χ1n) is 3.75. The van der Waals surface area contributed by atoms with Crippen LogP contribution in [0.1, 0.15) is 12.5 Å². The molecule has 0 aliphatic carbocycles. The molecule has 0 atom stereocenters. The maximum absolute atomic E-state index is 5.18. The molecule has 1 aromatic rings. The summed E-state index contributed by atoms with van der Waals surface area (Å²) in [5.41, 5.74) is 1.13. The van der Waals surface area contributed by atoms with E-state index in [1.807, 2.05) is 19.3 Å². The zero-order valence-electron chi connectivity index (χ0n) is 6.66. The first kappa shape index (κ1) is 8.14. The van der Waals surface area contributed by atoms with Crippen LogP contribution in [-0.4, -0.2) is 23.2 Å². The molecule has 0 aliphatic rings. The van der Waals surface area contributed by atoms with Crippen molar-refractivity contribution in [2.45, 2.75) is 13.3 Å². The zero-order chi connectivity index (χ0) is 7.94. The topological polar surface area (TPSA) is 35.0 Å². The van der Waals surface area contributed by atoms with E-state index >= 15 is 0 Å². The quantitative estimate of drug-likeness (QED) is 0.605. The minimum absolute atomic E-state index is 0.754. The minimum Gasteiger partial charge on any atom is -0.381 e. The Kier molecular flexibility index (Phi) is 3.55. The van der Waals surface area contributed by atoms with Gasteiger partial charge in [-0.25, -0.2) is 9.97 Å². The van der Waals surface area contributed by atoms with Crippen LogP contribution in [0.4, 0.5) is 0 Å². The summed E-state index contributed by atoms with van der Waals surface area (Å²) < 4.78 is 5.18. The number of ether oxygens (including phenoxy) is 1. The van der Waals surface area contributed by atoms with Crippen molar-refractivity contribution in [3.05, 3.63) is 24.3 Å². The van der Waals surface area contributed by atoms with Crippen molar-refractivity contribution in [2.75, 3.05) is 13.2 Å². The molecule has 0 spiro atoms. The van der Waals surface area contributed by atoms with Crippen molar-refractivity contribution in [3.63, 3.8) is 0 Å². The predicted octanol–water partition coefficient (Wildman–Crippen LogP) is 1.06. The standard InChI is InChI=1S/C8H12N2O/c1-2-11-4-3-8-5-9-7-10-6-8/h5-7H,2-4H2,1H3. The van der Waals surface area contributed by atoms with Gasteiger partial charge in [0.2, 0.25) is 0 Å². The fourth-order valence-electron chi connectivity index (χ4n) is 0.793. The van der Waals surface area contributed by atoms with E-state index < -0.39 is 0 Å². The largest absolute Gasteiger partial charge is 0.381 e. The van der Waals surface area contributed by atoms with Crippen molar-refractivity contribution in [3.8, 4) is 0 Å². The third-order valence-corrected chi connectivity index (χ3v) is 1.35. The summed E-state index contributed by atoms with van der Waals surface area (Å²) in [7, 11) is 0. The molecule has 0 radical (unpaired) electrons. The molecule has 3 heteroatoms. The van der Waals surface area contributed by atoms with Crippen LogP contribution in [0.25, 0.3) is 0 Å². The molecule has 0 unspecified atom stereocenters. The van der Waals surface area contributed by atoms with Gasteiger partial charge in [-0.2, -0.15) is 0 Å². The molecule has 0 saturated carbocycles. The second-order valence-corrected chi connectivity index (χ2v) is 2.19. The number of aromatic nitrogens is 2. The number of nitrogens with zero attached hydrogens (tertiary/aromatic N) is 2. The molecular weight excluding hydrogens is 140 g/mol. The van der Waals surface area contributed by atoms with Gasteiger partial charge in [0.15, 0.2) is 0 Å². The van der Waals surface area contributed by atoms with Crippen molar-refractivity contribution >= 4 is 0 Å². The number of hydrogen-bond acceptors (Lipinski definition) is 3. The molecule has 1 heterocycles. The van der Waals surface area contributed by atoms with Crippen molar-refractivity contribution < 1.29 is 4.74 Å². The Morgan fingerprint density at radius 3 is 2.73 bits per heavy atom. The van der Waals surface area contributed by atoms with Gasteiger partial charge in [-0.15, -0.1) is 0 Å². The van der Waals surface area contributed by atoms with E-state index in [9.17, 15) is 0 Å². The zero-order valence-corrected chi connectivity index (χ0v) is 6.66. The summed E-state index contributed by atoms with van der Waals surface area (Å²) in [5, 5.41) is 0. The molecule has 0 N–H and O–H groups in total. The highest BCUT2D eigenvalue weighted by Crippen LogP contribution is 1.94. The van der Waals surface area contributed by atoms with E-state index in [4.69, 9.17) is 4.74 Å². The highest BCUT2D eigenvalue weighted by Gasteiger charge is 1.90. The summed E-state index contributed by atoms with van der Waals surface area (Å²) in [6, 6.07) is 0. The third kappa shape index (κ3) is 3.09. The van der Waals surface area contributed by atoms with Crippen LogP contribution < -0.4 is 0 Å². The van der Waals surface area contributed by atoms with Crippen LogP contribution in [0, 0.1) is 0 Å². The SMILES string of the molecule is CCOCCc1cncnc1. The van der Waals surface area contributed by atoms with Gasteiger partial charge in [-0.1, -0.05) is 0 Å². The van der Waals surface area contributed by atoms with Crippen molar-refractivity contribution in [2.24, 2.45) is 0 Å². The van der Waals surface area contributed by atoms with Crippen molar-refractivity contribution in [1.29, 1.82) is 0 Å². The van der Waals surface area contributed by atoms with Crippen LogP contribution in [0.5, 0.6) is 0 Å². The fourth-order valence-corrected chi connectivity index (χ4v) is 0.793. The second-order valence-electron chi connectivity index (χ2n) is 2.19. The first-order chi connectivity index (χ1) is 5.43. The van der Waals surface area contributed by atoms with Gasteiger partial charge in [-0.3, -0.25) is 0 Å². The summed E-state index contributed by atoms with van der Waals surface area (Å²) in [6.07, 6.45) is 6.05.